The highest BCUT2D eigenvalue weighted by Crippen LogP contribution is 2.23. The van der Waals surface area contributed by atoms with E-state index in [2.05, 4.69) is 10.3 Å². The maximum Gasteiger partial charge on any atom is 0.251 e. The second kappa shape index (κ2) is 6.74. The summed E-state index contributed by atoms with van der Waals surface area (Å²) >= 11 is 0. The molecule has 124 valence electrons. The second-order valence-electron chi connectivity index (χ2n) is 5.65. The van der Waals surface area contributed by atoms with Crippen molar-refractivity contribution in [1.29, 1.82) is 0 Å². The number of hydrogen-bond acceptors (Lipinski definition) is 2. The number of H-pyrrole nitrogens is 1. The summed E-state index contributed by atoms with van der Waals surface area (Å²) < 4.78 is 18.5. The summed E-state index contributed by atoms with van der Waals surface area (Å²) in [5, 5.41) is 3.76. The summed E-state index contributed by atoms with van der Waals surface area (Å²) in [6, 6.07) is 11.6. The molecular weight excluding hydrogens is 307 g/mol. The Labute approximate surface area is 139 Å². The monoisotopic (exact) mass is 326 g/mol. The SMILES string of the molecule is COc1ccc(C(=O)NCCc2c(C)[nH]c3ccc(F)cc23)cc1. The van der Waals surface area contributed by atoms with E-state index < -0.39 is 0 Å². The van der Waals surface area contributed by atoms with E-state index >= 15 is 0 Å². The van der Waals surface area contributed by atoms with Gasteiger partial charge in [0.1, 0.15) is 11.6 Å². The smallest absolute Gasteiger partial charge is 0.251 e. The molecule has 1 heterocycles. The van der Waals surface area contributed by atoms with Crippen LogP contribution in [0.5, 0.6) is 5.75 Å². The number of aromatic amines is 1. The first-order chi connectivity index (χ1) is 11.6. The minimum atomic E-state index is -0.259. The zero-order valence-electron chi connectivity index (χ0n) is 13.7. The molecule has 4 nitrogen and oxygen atoms in total. The summed E-state index contributed by atoms with van der Waals surface area (Å²) in [4.78, 5) is 15.4. The molecule has 0 radical (unpaired) electrons. The van der Waals surface area contributed by atoms with Crippen LogP contribution >= 0.6 is 0 Å². The molecule has 1 aromatic heterocycles. The predicted octanol–water partition coefficient (Wildman–Crippen LogP) is 3.60. The fourth-order valence-corrected chi connectivity index (χ4v) is 2.82. The number of carbonyl (C=O) groups is 1. The topological polar surface area (TPSA) is 54.1 Å². The first-order valence-electron chi connectivity index (χ1n) is 7.77. The lowest BCUT2D eigenvalue weighted by atomic mass is 10.1. The number of aromatic nitrogens is 1. The Bertz CT molecular complexity index is 869. The van der Waals surface area contributed by atoms with Crippen molar-refractivity contribution in [3.63, 3.8) is 0 Å². The average Bonchev–Trinajstić information content (AvgIpc) is 2.90. The maximum absolute atomic E-state index is 13.5. The molecule has 1 amide bonds. The highest BCUT2D eigenvalue weighted by atomic mass is 19.1. The van der Waals surface area contributed by atoms with E-state index in [4.69, 9.17) is 4.74 Å². The Morgan fingerprint density at radius 1 is 1.21 bits per heavy atom. The highest BCUT2D eigenvalue weighted by molar-refractivity contribution is 5.94. The second-order valence-corrected chi connectivity index (χ2v) is 5.65. The van der Waals surface area contributed by atoms with Crippen molar-refractivity contribution in [2.24, 2.45) is 0 Å². The molecule has 0 saturated carbocycles. The van der Waals surface area contributed by atoms with Crippen molar-refractivity contribution in [3.05, 3.63) is 65.1 Å². The van der Waals surface area contributed by atoms with E-state index in [0.29, 0.717) is 24.3 Å². The molecule has 3 rings (SSSR count). The number of halogens is 1. The number of carbonyl (C=O) groups excluding carboxylic acids is 1. The highest BCUT2D eigenvalue weighted by Gasteiger charge is 2.10. The van der Waals surface area contributed by atoms with Crippen molar-refractivity contribution >= 4 is 16.8 Å². The number of hydrogen-bond donors (Lipinski definition) is 2. The molecule has 5 heteroatoms. The summed E-state index contributed by atoms with van der Waals surface area (Å²) in [5.74, 6) is 0.314. The molecule has 24 heavy (non-hydrogen) atoms. The Morgan fingerprint density at radius 3 is 2.67 bits per heavy atom. The number of methoxy groups -OCH3 is 1. The molecule has 0 aliphatic rings. The third kappa shape index (κ3) is 3.25. The first kappa shape index (κ1) is 16.1. The molecule has 0 spiro atoms. The van der Waals surface area contributed by atoms with Crippen molar-refractivity contribution in [3.8, 4) is 5.75 Å². The van der Waals surface area contributed by atoms with Gasteiger partial charge in [-0.25, -0.2) is 4.39 Å². The fraction of sp³-hybridized carbons (Fsp3) is 0.211. The molecule has 2 aromatic carbocycles. The Balaban J connectivity index is 1.66. The van der Waals surface area contributed by atoms with Gasteiger partial charge in [0, 0.05) is 28.7 Å². The van der Waals surface area contributed by atoms with Crippen LogP contribution in [0.3, 0.4) is 0 Å². The van der Waals surface area contributed by atoms with E-state index in [-0.39, 0.29) is 11.7 Å². The third-order valence-corrected chi connectivity index (χ3v) is 4.09. The number of nitrogens with one attached hydrogen (secondary N) is 2. The van der Waals surface area contributed by atoms with E-state index in [0.717, 1.165) is 22.2 Å². The van der Waals surface area contributed by atoms with E-state index in [1.165, 1.54) is 12.1 Å². The van der Waals surface area contributed by atoms with Gasteiger partial charge in [-0.05, 0) is 61.4 Å². The standard InChI is InChI=1S/C19H19FN2O2/c1-12-16(17-11-14(20)5-8-18(17)22-12)9-10-21-19(23)13-3-6-15(24-2)7-4-13/h3-8,11,22H,9-10H2,1-2H3,(H,21,23). The average molecular weight is 326 g/mol. The van der Waals surface area contributed by atoms with Crippen LogP contribution in [0.25, 0.3) is 10.9 Å². The molecule has 0 bridgehead atoms. The number of amides is 1. The summed E-state index contributed by atoms with van der Waals surface area (Å²) in [7, 11) is 1.58. The van der Waals surface area contributed by atoms with Crippen LogP contribution in [0, 0.1) is 12.7 Å². The van der Waals surface area contributed by atoms with Gasteiger partial charge in [-0.1, -0.05) is 0 Å². The number of fused-ring (bicyclic) bond motifs is 1. The number of aryl methyl sites for hydroxylation is 1. The third-order valence-electron chi connectivity index (χ3n) is 4.09. The summed E-state index contributed by atoms with van der Waals surface area (Å²) in [6.45, 7) is 2.44. The first-order valence-corrected chi connectivity index (χ1v) is 7.77. The van der Waals surface area contributed by atoms with Gasteiger partial charge in [-0.3, -0.25) is 4.79 Å². The number of rotatable bonds is 5. The molecule has 0 fully saturated rings. The van der Waals surface area contributed by atoms with E-state index in [9.17, 15) is 9.18 Å². The van der Waals surface area contributed by atoms with Gasteiger partial charge in [0.2, 0.25) is 0 Å². The van der Waals surface area contributed by atoms with Crippen LogP contribution in [-0.2, 0) is 6.42 Å². The van der Waals surface area contributed by atoms with Gasteiger partial charge in [-0.15, -0.1) is 0 Å². The molecule has 0 unspecified atom stereocenters. The van der Waals surface area contributed by atoms with Crippen LogP contribution in [-0.4, -0.2) is 24.5 Å². The van der Waals surface area contributed by atoms with Gasteiger partial charge in [0.25, 0.3) is 5.91 Å². The molecular formula is C19H19FN2O2. The lowest BCUT2D eigenvalue weighted by Gasteiger charge is -2.07. The van der Waals surface area contributed by atoms with Crippen LogP contribution in [0.4, 0.5) is 4.39 Å². The number of ether oxygens (including phenoxy) is 1. The Kier molecular flexibility index (Phi) is 4.51. The quantitative estimate of drug-likeness (QED) is 0.753. The molecule has 0 aliphatic heterocycles. The molecule has 0 saturated heterocycles. The Hall–Kier alpha value is -2.82. The minimum Gasteiger partial charge on any atom is -0.497 e. The van der Waals surface area contributed by atoms with Crippen LogP contribution < -0.4 is 10.1 Å². The molecule has 0 aliphatic carbocycles. The van der Waals surface area contributed by atoms with Crippen LogP contribution in [0.15, 0.2) is 42.5 Å². The van der Waals surface area contributed by atoms with Gasteiger partial charge >= 0.3 is 0 Å². The summed E-state index contributed by atoms with van der Waals surface area (Å²) in [5.41, 5.74) is 3.51. The lowest BCUT2D eigenvalue weighted by molar-refractivity contribution is 0.0954. The minimum absolute atomic E-state index is 0.138. The van der Waals surface area contributed by atoms with Gasteiger partial charge in [0.15, 0.2) is 0 Å². The van der Waals surface area contributed by atoms with E-state index in [1.807, 2.05) is 6.92 Å². The Morgan fingerprint density at radius 2 is 1.96 bits per heavy atom. The summed E-state index contributed by atoms with van der Waals surface area (Å²) in [6.07, 6.45) is 0.636. The molecule has 2 N–H and O–H groups in total. The molecule has 3 aromatic rings. The largest absolute Gasteiger partial charge is 0.497 e. The van der Waals surface area contributed by atoms with Crippen molar-refractivity contribution < 1.29 is 13.9 Å². The zero-order valence-corrected chi connectivity index (χ0v) is 13.7. The van der Waals surface area contributed by atoms with E-state index in [1.54, 1.807) is 37.4 Å². The lowest BCUT2D eigenvalue weighted by Crippen LogP contribution is -2.25. The normalized spacial score (nSPS) is 10.8. The zero-order chi connectivity index (χ0) is 17.1. The van der Waals surface area contributed by atoms with Gasteiger partial charge < -0.3 is 15.0 Å². The van der Waals surface area contributed by atoms with Crippen LogP contribution in [0.1, 0.15) is 21.6 Å². The number of benzene rings is 2. The van der Waals surface area contributed by atoms with Crippen LogP contribution in [0.2, 0.25) is 0 Å². The van der Waals surface area contributed by atoms with Gasteiger partial charge in [-0.2, -0.15) is 0 Å². The fourth-order valence-electron chi connectivity index (χ4n) is 2.82. The van der Waals surface area contributed by atoms with Crippen molar-refractivity contribution in [1.82, 2.24) is 10.3 Å². The predicted molar refractivity (Wildman–Crippen MR) is 92.0 cm³/mol. The van der Waals surface area contributed by atoms with Crippen molar-refractivity contribution in [2.75, 3.05) is 13.7 Å². The van der Waals surface area contributed by atoms with Gasteiger partial charge in [0.05, 0.1) is 7.11 Å². The van der Waals surface area contributed by atoms with Crippen molar-refractivity contribution in [2.45, 2.75) is 13.3 Å². The molecule has 0 atom stereocenters. The maximum atomic E-state index is 13.5.